The minimum atomic E-state index is -4.09. The van der Waals surface area contributed by atoms with E-state index < -0.39 is 28.4 Å². The molecule has 2 amide bonds. The highest BCUT2D eigenvalue weighted by Crippen LogP contribution is 2.26. The lowest BCUT2D eigenvalue weighted by Crippen LogP contribution is -2.40. The first-order valence-corrected chi connectivity index (χ1v) is 12.8. The second-order valence-corrected chi connectivity index (χ2v) is 10.2. The van der Waals surface area contributed by atoms with E-state index in [1.54, 1.807) is 48.5 Å². The number of amides is 2. The number of nitrogens with zero attached hydrogens (tertiary/aromatic N) is 2. The molecule has 0 aromatic heterocycles. The molecule has 0 spiro atoms. The summed E-state index contributed by atoms with van der Waals surface area (Å²) in [5.74, 6) is -1.17. The first kappa shape index (κ1) is 24.4. The third-order valence-corrected chi connectivity index (χ3v) is 7.43. The Morgan fingerprint density at radius 3 is 2.40 bits per heavy atom. The number of hydrogen-bond acceptors (Lipinski definition) is 5. The van der Waals surface area contributed by atoms with Gasteiger partial charge < -0.3 is 5.32 Å². The number of aryl methyl sites for hydroxylation is 1. The Morgan fingerprint density at radius 1 is 1.03 bits per heavy atom. The molecule has 0 fully saturated rings. The smallest absolute Gasteiger partial charge is 0.276 e. The molecule has 0 saturated carbocycles. The van der Waals surface area contributed by atoms with Gasteiger partial charge in [0.2, 0.25) is 0 Å². The van der Waals surface area contributed by atoms with Crippen LogP contribution in [0.5, 0.6) is 0 Å². The van der Waals surface area contributed by atoms with E-state index in [9.17, 15) is 18.0 Å². The van der Waals surface area contributed by atoms with Gasteiger partial charge in [-0.1, -0.05) is 55.3 Å². The summed E-state index contributed by atoms with van der Waals surface area (Å²) in [4.78, 5) is 25.1. The van der Waals surface area contributed by atoms with Gasteiger partial charge in [0.05, 0.1) is 16.3 Å². The third kappa shape index (κ3) is 5.36. The zero-order chi connectivity index (χ0) is 25.0. The zero-order valence-electron chi connectivity index (χ0n) is 18.9. The molecule has 3 aromatic carbocycles. The van der Waals surface area contributed by atoms with Crippen LogP contribution >= 0.6 is 11.6 Å². The zero-order valence-corrected chi connectivity index (χ0v) is 20.4. The lowest BCUT2D eigenvalue weighted by atomic mass is 10.1. The number of nitrogens with one attached hydrogen (secondary N) is 2. The number of benzene rings is 3. The average molecular weight is 511 g/mol. The first-order valence-electron chi connectivity index (χ1n) is 10.9. The van der Waals surface area contributed by atoms with Gasteiger partial charge in [-0.05, 0) is 54.4 Å². The Morgan fingerprint density at radius 2 is 1.71 bits per heavy atom. The molecule has 0 unspecified atom stereocenters. The normalized spacial score (nSPS) is 13.9. The SMILES string of the molecule is CCCc1ccc(S(=O)(=O)N(CC(=O)N/N=C2\C(=O)Nc3ccccc32)c2ccc(Cl)cc2)cc1. The van der Waals surface area contributed by atoms with Crippen molar-refractivity contribution in [3.8, 4) is 0 Å². The number of carbonyl (C=O) groups excluding carboxylic acids is 2. The predicted octanol–water partition coefficient (Wildman–Crippen LogP) is 3.96. The average Bonchev–Trinajstić information content (AvgIpc) is 3.17. The molecule has 1 heterocycles. The number of para-hydroxylation sites is 1. The summed E-state index contributed by atoms with van der Waals surface area (Å²) in [5.41, 5.74) is 4.77. The van der Waals surface area contributed by atoms with Crippen molar-refractivity contribution >= 4 is 50.5 Å². The van der Waals surface area contributed by atoms with E-state index in [1.165, 1.54) is 24.3 Å². The molecule has 2 N–H and O–H groups in total. The Hall–Kier alpha value is -3.69. The molecule has 3 aromatic rings. The van der Waals surface area contributed by atoms with Crippen LogP contribution in [0.3, 0.4) is 0 Å². The maximum absolute atomic E-state index is 13.5. The van der Waals surface area contributed by atoms with Crippen LogP contribution in [0.4, 0.5) is 11.4 Å². The highest BCUT2D eigenvalue weighted by Gasteiger charge is 2.29. The topological polar surface area (TPSA) is 108 Å². The summed E-state index contributed by atoms with van der Waals surface area (Å²) < 4.78 is 28.0. The molecule has 180 valence electrons. The van der Waals surface area contributed by atoms with Crippen LogP contribution in [0, 0.1) is 0 Å². The van der Waals surface area contributed by atoms with Crippen LogP contribution in [0.15, 0.2) is 82.8 Å². The predicted molar refractivity (Wildman–Crippen MR) is 136 cm³/mol. The number of carbonyl (C=O) groups is 2. The van der Waals surface area contributed by atoms with E-state index in [0.717, 1.165) is 22.7 Å². The molecule has 0 atom stereocenters. The molecule has 35 heavy (non-hydrogen) atoms. The van der Waals surface area contributed by atoms with Crippen molar-refractivity contribution < 1.29 is 18.0 Å². The maximum atomic E-state index is 13.5. The monoisotopic (exact) mass is 510 g/mol. The molecular weight excluding hydrogens is 488 g/mol. The number of hydrazone groups is 1. The van der Waals surface area contributed by atoms with Crippen molar-refractivity contribution in [2.45, 2.75) is 24.7 Å². The number of halogens is 1. The van der Waals surface area contributed by atoms with E-state index in [0.29, 0.717) is 16.3 Å². The highest BCUT2D eigenvalue weighted by atomic mass is 35.5. The summed E-state index contributed by atoms with van der Waals surface area (Å²) in [6.45, 7) is 1.49. The summed E-state index contributed by atoms with van der Waals surface area (Å²) in [7, 11) is -4.09. The lowest BCUT2D eigenvalue weighted by Gasteiger charge is -2.24. The molecule has 4 rings (SSSR count). The quantitative estimate of drug-likeness (QED) is 0.447. The van der Waals surface area contributed by atoms with Crippen LogP contribution in [-0.4, -0.2) is 32.5 Å². The maximum Gasteiger partial charge on any atom is 0.276 e. The van der Waals surface area contributed by atoms with Crippen molar-refractivity contribution in [1.82, 2.24) is 5.43 Å². The second-order valence-electron chi connectivity index (χ2n) is 7.88. The van der Waals surface area contributed by atoms with Crippen molar-refractivity contribution in [3.05, 3.63) is 88.9 Å². The fourth-order valence-corrected chi connectivity index (χ4v) is 5.21. The van der Waals surface area contributed by atoms with Gasteiger partial charge in [-0.25, -0.2) is 13.8 Å². The number of rotatable bonds is 8. The number of fused-ring (bicyclic) bond motifs is 1. The molecule has 10 heteroatoms. The molecule has 0 saturated heterocycles. The van der Waals surface area contributed by atoms with E-state index in [2.05, 4.69) is 15.8 Å². The Labute approximate surface area is 208 Å². The van der Waals surface area contributed by atoms with Crippen LogP contribution in [-0.2, 0) is 26.0 Å². The molecule has 1 aliphatic rings. The van der Waals surface area contributed by atoms with E-state index in [4.69, 9.17) is 11.6 Å². The fraction of sp³-hybridized carbons (Fsp3) is 0.160. The van der Waals surface area contributed by atoms with Crippen LogP contribution in [0.25, 0.3) is 0 Å². The minimum Gasteiger partial charge on any atom is -0.320 e. The molecule has 0 aliphatic carbocycles. The number of anilines is 2. The van der Waals surface area contributed by atoms with E-state index in [1.807, 2.05) is 6.92 Å². The largest absolute Gasteiger partial charge is 0.320 e. The molecule has 8 nitrogen and oxygen atoms in total. The molecule has 0 radical (unpaired) electrons. The number of hydrogen-bond donors (Lipinski definition) is 2. The van der Waals surface area contributed by atoms with E-state index in [-0.39, 0.29) is 16.3 Å². The molecular formula is C25H23ClN4O4S. The summed E-state index contributed by atoms with van der Waals surface area (Å²) in [6, 6.07) is 19.6. The summed E-state index contributed by atoms with van der Waals surface area (Å²) in [5, 5.41) is 7.05. The summed E-state index contributed by atoms with van der Waals surface area (Å²) in [6.07, 6.45) is 1.77. The van der Waals surface area contributed by atoms with Gasteiger partial charge in [-0.2, -0.15) is 5.10 Å². The van der Waals surface area contributed by atoms with Gasteiger partial charge in [0.25, 0.3) is 21.8 Å². The molecule has 1 aliphatic heterocycles. The van der Waals surface area contributed by atoms with Gasteiger partial charge in [0.15, 0.2) is 5.71 Å². The van der Waals surface area contributed by atoms with Gasteiger partial charge in [0.1, 0.15) is 6.54 Å². The Kier molecular flexibility index (Phi) is 7.18. The fourth-order valence-electron chi connectivity index (χ4n) is 3.66. The van der Waals surface area contributed by atoms with Gasteiger partial charge in [-0.3, -0.25) is 13.9 Å². The summed E-state index contributed by atoms with van der Waals surface area (Å²) >= 11 is 5.97. The van der Waals surface area contributed by atoms with Crippen molar-refractivity contribution in [2.75, 3.05) is 16.2 Å². The second kappa shape index (κ2) is 10.3. The lowest BCUT2D eigenvalue weighted by molar-refractivity contribution is -0.119. The third-order valence-electron chi connectivity index (χ3n) is 5.39. The standard InChI is InChI=1S/C25H23ClN4O4S/c1-2-5-17-8-14-20(15-9-17)35(33,34)30(19-12-10-18(26)11-13-19)16-23(31)28-29-24-21-6-3-4-7-22(21)27-25(24)32/h3-4,6-15H,2,5,16H2,1H3,(H,28,31)(H,27,29,32). The van der Waals surface area contributed by atoms with Crippen molar-refractivity contribution in [2.24, 2.45) is 5.10 Å². The molecule has 0 bridgehead atoms. The van der Waals surface area contributed by atoms with Crippen LogP contribution in [0.2, 0.25) is 5.02 Å². The Bertz CT molecular complexity index is 1390. The van der Waals surface area contributed by atoms with Crippen LogP contribution in [0.1, 0.15) is 24.5 Å². The highest BCUT2D eigenvalue weighted by molar-refractivity contribution is 7.92. The van der Waals surface area contributed by atoms with Gasteiger partial charge in [-0.15, -0.1) is 0 Å². The Balaban J connectivity index is 1.60. The van der Waals surface area contributed by atoms with Crippen LogP contribution < -0.4 is 15.0 Å². The number of sulfonamides is 1. The van der Waals surface area contributed by atoms with E-state index >= 15 is 0 Å². The van der Waals surface area contributed by atoms with Crippen molar-refractivity contribution in [1.29, 1.82) is 0 Å². The van der Waals surface area contributed by atoms with Crippen molar-refractivity contribution in [3.63, 3.8) is 0 Å². The van der Waals surface area contributed by atoms with Gasteiger partial charge >= 0.3 is 0 Å². The van der Waals surface area contributed by atoms with Gasteiger partial charge in [0, 0.05) is 10.6 Å². The minimum absolute atomic E-state index is 0.0429. The first-order chi connectivity index (χ1) is 16.8.